The first-order valence-corrected chi connectivity index (χ1v) is 7.77. The fourth-order valence-electron chi connectivity index (χ4n) is 2.45. The molecule has 4 nitrogen and oxygen atoms in total. The van der Waals surface area contributed by atoms with Gasteiger partial charge in [0.15, 0.2) is 0 Å². The molecule has 0 aliphatic heterocycles. The summed E-state index contributed by atoms with van der Waals surface area (Å²) in [6.07, 6.45) is 1.96. The van der Waals surface area contributed by atoms with E-state index in [1.807, 2.05) is 24.3 Å². The molecule has 1 N–H and O–H groups in total. The number of aromatic carboxylic acids is 1. The highest BCUT2D eigenvalue weighted by molar-refractivity contribution is 7.13. The van der Waals surface area contributed by atoms with Crippen LogP contribution >= 0.6 is 11.3 Å². The number of imidazole rings is 1. The van der Waals surface area contributed by atoms with Crippen LogP contribution in [0.2, 0.25) is 0 Å². The van der Waals surface area contributed by atoms with E-state index in [4.69, 9.17) is 10.1 Å². The molecule has 3 rings (SSSR count). The average Bonchev–Trinajstić information content (AvgIpc) is 3.06. The zero-order chi connectivity index (χ0) is 14.8. The van der Waals surface area contributed by atoms with Crippen LogP contribution < -0.4 is 0 Å². The quantitative estimate of drug-likeness (QED) is 0.780. The van der Waals surface area contributed by atoms with Gasteiger partial charge in [-0.1, -0.05) is 19.1 Å². The van der Waals surface area contributed by atoms with Crippen molar-refractivity contribution in [2.75, 3.05) is 0 Å². The molecule has 0 bridgehead atoms. The monoisotopic (exact) mass is 300 g/mol. The number of hydrogen-bond donors (Lipinski definition) is 1. The second-order valence-electron chi connectivity index (χ2n) is 4.92. The van der Waals surface area contributed by atoms with Gasteiger partial charge in [0.25, 0.3) is 0 Å². The Morgan fingerprint density at radius 3 is 2.81 bits per heavy atom. The number of benzene rings is 1. The number of hydrogen-bond acceptors (Lipinski definition) is 3. The summed E-state index contributed by atoms with van der Waals surface area (Å²) in [5.41, 5.74) is 2.10. The minimum Gasteiger partial charge on any atom is -0.477 e. The van der Waals surface area contributed by atoms with Crippen LogP contribution in [0.25, 0.3) is 11.0 Å². The highest BCUT2D eigenvalue weighted by Gasteiger charge is 2.12. The highest BCUT2D eigenvalue weighted by atomic mass is 32.1. The average molecular weight is 300 g/mol. The second-order valence-corrected chi connectivity index (χ2v) is 6.09. The third-order valence-electron chi connectivity index (χ3n) is 3.39. The summed E-state index contributed by atoms with van der Waals surface area (Å²) < 4.78 is 2.19. The first-order chi connectivity index (χ1) is 10.2. The predicted octanol–water partition coefficient (Wildman–Crippen LogP) is 3.80. The van der Waals surface area contributed by atoms with E-state index in [0.717, 1.165) is 34.6 Å². The van der Waals surface area contributed by atoms with Gasteiger partial charge in [0, 0.05) is 11.3 Å². The number of carbonyl (C=O) groups is 1. The molecule has 0 saturated carbocycles. The normalized spacial score (nSPS) is 11.1. The van der Waals surface area contributed by atoms with Crippen molar-refractivity contribution in [3.05, 3.63) is 52.0 Å². The van der Waals surface area contributed by atoms with Crippen LogP contribution in [0.15, 0.2) is 36.4 Å². The second kappa shape index (κ2) is 5.69. The van der Waals surface area contributed by atoms with Crippen molar-refractivity contribution in [3.63, 3.8) is 0 Å². The van der Waals surface area contributed by atoms with E-state index in [0.29, 0.717) is 11.4 Å². The lowest BCUT2D eigenvalue weighted by atomic mass is 10.3. The molecule has 0 aliphatic carbocycles. The molecule has 3 aromatic rings. The Kier molecular flexibility index (Phi) is 3.75. The van der Waals surface area contributed by atoms with Crippen LogP contribution in [0.1, 0.15) is 33.7 Å². The molecule has 0 unspecified atom stereocenters. The molecule has 0 amide bonds. The molecule has 21 heavy (non-hydrogen) atoms. The molecule has 0 saturated heterocycles. The number of rotatable bonds is 5. The van der Waals surface area contributed by atoms with Crippen LogP contribution in [-0.2, 0) is 13.0 Å². The topological polar surface area (TPSA) is 55.1 Å². The van der Waals surface area contributed by atoms with E-state index in [-0.39, 0.29) is 0 Å². The van der Waals surface area contributed by atoms with Gasteiger partial charge in [-0.2, -0.15) is 0 Å². The van der Waals surface area contributed by atoms with Crippen molar-refractivity contribution >= 4 is 28.3 Å². The summed E-state index contributed by atoms with van der Waals surface area (Å²) in [5, 5.41) is 9.03. The van der Waals surface area contributed by atoms with Gasteiger partial charge in [-0.3, -0.25) is 0 Å². The Morgan fingerprint density at radius 1 is 1.29 bits per heavy atom. The molecular formula is C16H16N2O2S. The fourth-order valence-corrected chi connectivity index (χ4v) is 3.29. The molecule has 5 heteroatoms. The molecule has 2 heterocycles. The number of thiophene rings is 1. The van der Waals surface area contributed by atoms with Gasteiger partial charge in [-0.15, -0.1) is 11.3 Å². The number of nitrogens with zero attached hydrogens (tertiary/aromatic N) is 2. The largest absolute Gasteiger partial charge is 0.477 e. The Bertz CT molecular complexity index is 789. The molecule has 0 fully saturated rings. The maximum atomic E-state index is 11.0. The number of carboxylic acids is 1. The Morgan fingerprint density at radius 2 is 2.10 bits per heavy atom. The standard InChI is InChI=1S/C16H16N2O2S/c1-2-5-15-17-12-6-3-4-7-13(12)18(15)10-11-8-9-14(21-11)16(19)20/h3-4,6-9H,2,5,10H2,1H3,(H,19,20). The van der Waals surface area contributed by atoms with E-state index in [9.17, 15) is 4.79 Å². The molecule has 2 aromatic heterocycles. The number of para-hydroxylation sites is 2. The maximum absolute atomic E-state index is 11.0. The number of aryl methyl sites for hydroxylation is 1. The minimum absolute atomic E-state index is 0.381. The first-order valence-electron chi connectivity index (χ1n) is 6.95. The van der Waals surface area contributed by atoms with E-state index in [1.165, 1.54) is 11.3 Å². The zero-order valence-electron chi connectivity index (χ0n) is 11.7. The van der Waals surface area contributed by atoms with Gasteiger partial charge in [-0.05, 0) is 30.7 Å². The summed E-state index contributed by atoms with van der Waals surface area (Å²) >= 11 is 1.33. The SMILES string of the molecule is CCCc1nc2ccccc2n1Cc1ccc(C(=O)O)s1. The Hall–Kier alpha value is -2.14. The van der Waals surface area contributed by atoms with Crippen LogP contribution in [0.4, 0.5) is 0 Å². The molecule has 0 radical (unpaired) electrons. The van der Waals surface area contributed by atoms with Crippen molar-refractivity contribution < 1.29 is 9.90 Å². The zero-order valence-corrected chi connectivity index (χ0v) is 12.6. The predicted molar refractivity (Wildman–Crippen MR) is 84.1 cm³/mol. The van der Waals surface area contributed by atoms with Crippen LogP contribution in [-0.4, -0.2) is 20.6 Å². The Balaban J connectivity index is 2.01. The fraction of sp³-hybridized carbons (Fsp3) is 0.250. The summed E-state index contributed by atoms with van der Waals surface area (Å²) in [4.78, 5) is 17.1. The van der Waals surface area contributed by atoms with Crippen molar-refractivity contribution in [1.29, 1.82) is 0 Å². The van der Waals surface area contributed by atoms with Crippen molar-refractivity contribution in [3.8, 4) is 0 Å². The van der Waals surface area contributed by atoms with Crippen molar-refractivity contribution in [2.45, 2.75) is 26.3 Å². The van der Waals surface area contributed by atoms with Crippen LogP contribution in [0, 0.1) is 0 Å². The lowest BCUT2D eigenvalue weighted by molar-refractivity contribution is 0.0702. The van der Waals surface area contributed by atoms with E-state index >= 15 is 0 Å². The summed E-state index contributed by atoms with van der Waals surface area (Å²) in [5.74, 6) is 0.194. The highest BCUT2D eigenvalue weighted by Crippen LogP contribution is 2.22. The molecular weight excluding hydrogens is 284 g/mol. The van der Waals surface area contributed by atoms with E-state index < -0.39 is 5.97 Å². The lowest BCUT2D eigenvalue weighted by Crippen LogP contribution is -2.04. The van der Waals surface area contributed by atoms with Crippen LogP contribution in [0.3, 0.4) is 0 Å². The van der Waals surface area contributed by atoms with E-state index in [1.54, 1.807) is 6.07 Å². The number of carboxylic acid groups (broad SMARTS) is 1. The third kappa shape index (κ3) is 2.69. The van der Waals surface area contributed by atoms with Crippen molar-refractivity contribution in [1.82, 2.24) is 9.55 Å². The first kappa shape index (κ1) is 13.8. The van der Waals surface area contributed by atoms with Crippen LogP contribution in [0.5, 0.6) is 0 Å². The molecule has 0 aliphatic rings. The number of aromatic nitrogens is 2. The van der Waals surface area contributed by atoms with Gasteiger partial charge in [0.2, 0.25) is 0 Å². The van der Waals surface area contributed by atoms with Crippen molar-refractivity contribution in [2.24, 2.45) is 0 Å². The van der Waals surface area contributed by atoms with Gasteiger partial charge in [-0.25, -0.2) is 9.78 Å². The Labute approximate surface area is 126 Å². The molecule has 108 valence electrons. The van der Waals surface area contributed by atoms with Gasteiger partial charge in [0.05, 0.1) is 17.6 Å². The molecule has 1 aromatic carbocycles. The lowest BCUT2D eigenvalue weighted by Gasteiger charge is -2.07. The summed E-state index contributed by atoms with van der Waals surface area (Å²) in [6, 6.07) is 11.6. The van der Waals surface area contributed by atoms with Gasteiger partial charge < -0.3 is 9.67 Å². The third-order valence-corrected chi connectivity index (χ3v) is 4.45. The minimum atomic E-state index is -0.865. The summed E-state index contributed by atoms with van der Waals surface area (Å²) in [7, 11) is 0. The van der Waals surface area contributed by atoms with Gasteiger partial charge >= 0.3 is 5.97 Å². The smallest absolute Gasteiger partial charge is 0.345 e. The van der Waals surface area contributed by atoms with E-state index in [2.05, 4.69) is 17.6 Å². The number of fused-ring (bicyclic) bond motifs is 1. The molecule has 0 spiro atoms. The summed E-state index contributed by atoms with van der Waals surface area (Å²) in [6.45, 7) is 2.81. The molecule has 0 atom stereocenters. The maximum Gasteiger partial charge on any atom is 0.345 e. The van der Waals surface area contributed by atoms with Gasteiger partial charge in [0.1, 0.15) is 10.7 Å².